The van der Waals surface area contributed by atoms with Crippen LogP contribution in [0.15, 0.2) is 200 Å². The van der Waals surface area contributed by atoms with Gasteiger partial charge in [0.15, 0.2) is 0 Å². The molecule has 0 spiro atoms. The first kappa shape index (κ1) is 50.6. The third-order valence-corrected chi connectivity index (χ3v) is 16.6. The molecule has 0 saturated carbocycles. The average Bonchev–Trinajstić information content (AvgIpc) is 3.47. The van der Waals surface area contributed by atoms with E-state index in [9.17, 15) is 17.1 Å². The highest BCUT2D eigenvalue weighted by atomic mass is 15.1. The number of aromatic nitrogens is 3. The Labute approximate surface area is 473 Å². The molecule has 10 aromatic carbocycles. The Morgan fingerprint density at radius 1 is 0.321 bits per heavy atom. The molecule has 0 saturated heterocycles. The van der Waals surface area contributed by atoms with Crippen molar-refractivity contribution in [2.45, 2.75) is 78.6 Å². The molecule has 13 aromatic rings. The number of rotatable bonds is 6. The van der Waals surface area contributed by atoms with E-state index in [1.54, 1.807) is 0 Å². The molecule has 0 aliphatic heterocycles. The highest BCUT2D eigenvalue weighted by molar-refractivity contribution is 6.16. The number of nitriles is 2. The predicted molar refractivity (Wildman–Crippen MR) is 338 cm³/mol. The molecule has 13 rings (SSSR count). The van der Waals surface area contributed by atoms with Gasteiger partial charge in [-0.2, -0.15) is 10.5 Å². The first-order chi connectivity index (χ1) is 39.0. The Morgan fingerprint density at radius 2 is 0.580 bits per heavy atom. The molecule has 0 aliphatic rings. The summed E-state index contributed by atoms with van der Waals surface area (Å²) in [7, 11) is 0. The molecule has 0 atom stereocenters. The molecule has 0 radical (unpaired) electrons. The van der Waals surface area contributed by atoms with E-state index in [0.29, 0.717) is 17.1 Å². The van der Waals surface area contributed by atoms with Crippen LogP contribution in [0.4, 0.5) is 5.69 Å². The first-order valence-electron chi connectivity index (χ1n) is 27.8. The van der Waals surface area contributed by atoms with Gasteiger partial charge in [-0.15, -0.1) is 0 Å². The van der Waals surface area contributed by atoms with E-state index in [-0.39, 0.29) is 33.1 Å². The lowest BCUT2D eigenvalue weighted by Crippen LogP contribution is -2.13. The number of nitrogens with zero attached hydrogens (tertiary/aromatic N) is 6. The van der Waals surface area contributed by atoms with Crippen LogP contribution < -0.4 is 0 Å². The normalized spacial score (nSPS) is 12.2. The Hall–Kier alpha value is -9.93. The molecule has 0 unspecified atom stereocenters. The zero-order valence-electron chi connectivity index (χ0n) is 47.2. The Morgan fingerprint density at radius 3 is 0.840 bits per heavy atom. The number of fused-ring (bicyclic) bond motifs is 9. The summed E-state index contributed by atoms with van der Waals surface area (Å²) in [6.07, 6.45) is 0. The molecule has 3 aromatic heterocycles. The van der Waals surface area contributed by atoms with Gasteiger partial charge in [-0.05, 0) is 139 Å². The van der Waals surface area contributed by atoms with Crippen LogP contribution in [0.5, 0.6) is 0 Å². The summed E-state index contributed by atoms with van der Waals surface area (Å²) >= 11 is 0. The summed E-state index contributed by atoms with van der Waals surface area (Å²) in [6.45, 7) is 29.6. The van der Waals surface area contributed by atoms with Crippen LogP contribution in [0.2, 0.25) is 0 Å². The van der Waals surface area contributed by atoms with Gasteiger partial charge >= 0.3 is 0 Å². The van der Waals surface area contributed by atoms with E-state index in [4.69, 9.17) is 0 Å². The van der Waals surface area contributed by atoms with E-state index in [0.717, 1.165) is 115 Å². The Balaban J connectivity index is 1.25. The number of benzene rings is 10. The van der Waals surface area contributed by atoms with Crippen LogP contribution in [0.25, 0.3) is 121 Å². The maximum atomic E-state index is 12.3. The predicted octanol–water partition coefficient (Wildman–Crippen LogP) is 20.2. The number of hydrogen-bond acceptors (Lipinski definition) is 2. The van der Waals surface area contributed by atoms with Gasteiger partial charge in [-0.25, -0.2) is 4.85 Å². The first-order valence-corrected chi connectivity index (χ1v) is 27.8. The molecule has 6 heteroatoms. The molecule has 0 fully saturated rings. The smallest absolute Gasteiger partial charge is 0.236 e. The van der Waals surface area contributed by atoms with E-state index in [2.05, 4.69) is 275 Å². The van der Waals surface area contributed by atoms with E-state index in [1.807, 2.05) is 18.2 Å². The van der Waals surface area contributed by atoms with Crippen molar-refractivity contribution in [1.82, 2.24) is 13.7 Å². The molecule has 6 nitrogen and oxygen atoms in total. The molecule has 81 heavy (non-hydrogen) atoms. The summed E-state index contributed by atoms with van der Waals surface area (Å²) in [4.78, 5) is 4.60. The minimum atomic E-state index is -0.180. The van der Waals surface area contributed by atoms with Crippen LogP contribution >= 0.6 is 0 Å². The van der Waals surface area contributed by atoms with Crippen molar-refractivity contribution in [3.05, 3.63) is 239 Å². The van der Waals surface area contributed by atoms with Crippen molar-refractivity contribution in [2.24, 2.45) is 0 Å². The second-order valence-electron chi connectivity index (χ2n) is 24.7. The largest absolute Gasteiger partial charge is 0.318 e. The highest BCUT2D eigenvalue weighted by Gasteiger charge is 2.34. The Bertz CT molecular complexity index is 4360. The lowest BCUT2D eigenvalue weighted by molar-refractivity contribution is 0.591. The molecule has 0 amide bonds. The van der Waals surface area contributed by atoms with Gasteiger partial charge in [0.25, 0.3) is 0 Å². The molecule has 0 aliphatic carbocycles. The van der Waals surface area contributed by atoms with Crippen LogP contribution in [0, 0.1) is 29.2 Å². The van der Waals surface area contributed by atoms with Crippen LogP contribution in [0.1, 0.15) is 90.1 Å². The third-order valence-electron chi connectivity index (χ3n) is 16.6. The lowest BCUT2D eigenvalue weighted by atomic mass is 9.86. The fourth-order valence-electron chi connectivity index (χ4n) is 12.3. The monoisotopic (exact) mass is 1040 g/mol. The molecule has 0 N–H and O–H groups in total. The molecular formula is C75H60N6. The van der Waals surface area contributed by atoms with Crippen molar-refractivity contribution in [2.75, 3.05) is 0 Å². The average molecular weight is 1050 g/mol. The minimum Gasteiger partial charge on any atom is -0.318 e. The van der Waals surface area contributed by atoms with Gasteiger partial charge in [0.05, 0.1) is 67.9 Å². The van der Waals surface area contributed by atoms with Gasteiger partial charge in [-0.3, -0.25) is 0 Å². The summed E-state index contributed by atoms with van der Waals surface area (Å²) < 4.78 is 6.43. The second-order valence-corrected chi connectivity index (χ2v) is 24.7. The van der Waals surface area contributed by atoms with Crippen molar-refractivity contribution < 1.29 is 0 Å². The Kier molecular flexibility index (Phi) is 11.6. The maximum absolute atomic E-state index is 12.3. The summed E-state index contributed by atoms with van der Waals surface area (Å²) in [5.74, 6) is 0. The fourth-order valence-corrected chi connectivity index (χ4v) is 12.3. The van der Waals surface area contributed by atoms with Crippen LogP contribution in [-0.4, -0.2) is 13.7 Å². The van der Waals surface area contributed by atoms with E-state index >= 15 is 0 Å². The SMILES string of the molecule is [C-]#[N+]c1c(-n2c3ccc(-c4ccccc4)cc3c3cc(C(C)(C)C)ccc32)c(C#N)c(-n2c3ccc(-c4ccccc4)cc3c3cc(C(C)(C)C)ccc32)c(C#N)c1-n1c2ccc(-c3ccccc3)cc2c2cc(C(C)(C)C)ccc21. The summed E-state index contributed by atoms with van der Waals surface area (Å²) in [6, 6.07) is 76.1. The van der Waals surface area contributed by atoms with Gasteiger partial charge in [0.1, 0.15) is 12.1 Å². The van der Waals surface area contributed by atoms with Crippen molar-refractivity contribution in [3.63, 3.8) is 0 Å². The molecule has 390 valence electrons. The fraction of sp³-hybridized carbons (Fsp3) is 0.160. The third kappa shape index (κ3) is 8.11. The van der Waals surface area contributed by atoms with Crippen LogP contribution in [0.3, 0.4) is 0 Å². The van der Waals surface area contributed by atoms with Gasteiger partial charge in [0.2, 0.25) is 5.69 Å². The maximum Gasteiger partial charge on any atom is 0.236 e. The summed E-state index contributed by atoms with van der Waals surface area (Å²) in [5, 5.41) is 30.6. The second kappa shape index (κ2) is 18.6. The number of hydrogen-bond donors (Lipinski definition) is 0. The van der Waals surface area contributed by atoms with Crippen molar-refractivity contribution >= 4 is 71.1 Å². The quantitative estimate of drug-likeness (QED) is 0.156. The summed E-state index contributed by atoms with van der Waals surface area (Å²) in [5.41, 5.74) is 16.3. The molecule has 3 heterocycles. The van der Waals surface area contributed by atoms with E-state index < -0.39 is 0 Å². The zero-order valence-corrected chi connectivity index (χ0v) is 47.2. The van der Waals surface area contributed by atoms with Crippen LogP contribution in [-0.2, 0) is 16.2 Å². The molecule has 0 bridgehead atoms. The minimum absolute atomic E-state index is 0.179. The van der Waals surface area contributed by atoms with Gasteiger partial charge < -0.3 is 13.7 Å². The lowest BCUT2D eigenvalue weighted by Gasteiger charge is -2.24. The van der Waals surface area contributed by atoms with E-state index in [1.165, 1.54) is 0 Å². The van der Waals surface area contributed by atoms with Gasteiger partial charge in [-0.1, -0.05) is 190 Å². The molecular weight excluding hydrogens is 985 g/mol. The standard InChI is InChI=1S/C75H60N6/c1-73(2,3)52-29-35-66-58(41-52)55-38-49(46-20-14-11-15-21-46)26-32-63(55)79(66)70-61(44-76)71(80-64-33-27-50(47-22-16-12-17-23-47)39-56(64)59-42-53(74(4,5)6)30-36-67(59)80)69(78-10)72(62(70)45-77)81-65-34-28-51(48-24-18-13-19-25-48)40-57(65)60-43-54(75(7,8)9)31-37-68(60)81/h11-43H,1-9H3. The highest BCUT2D eigenvalue weighted by Crippen LogP contribution is 2.50. The van der Waals surface area contributed by atoms with Crippen molar-refractivity contribution in [3.8, 4) is 62.6 Å². The zero-order chi connectivity index (χ0) is 56.3. The van der Waals surface area contributed by atoms with Crippen molar-refractivity contribution in [1.29, 1.82) is 10.5 Å². The van der Waals surface area contributed by atoms with Gasteiger partial charge in [0, 0.05) is 32.3 Å². The topological polar surface area (TPSA) is 66.7 Å².